The van der Waals surface area contributed by atoms with E-state index in [4.69, 9.17) is 0 Å². The van der Waals surface area contributed by atoms with E-state index in [-0.39, 0.29) is 12.0 Å². The molecule has 2 aliphatic rings. The van der Waals surface area contributed by atoms with Crippen LogP contribution in [-0.4, -0.2) is 22.4 Å². The van der Waals surface area contributed by atoms with Crippen molar-refractivity contribution in [2.24, 2.45) is 17.8 Å². The van der Waals surface area contributed by atoms with Gasteiger partial charge in [0.05, 0.1) is 12.2 Å². The highest BCUT2D eigenvalue weighted by Gasteiger charge is 2.35. The Labute approximate surface area is 122 Å². The number of hydrogen-bond donors (Lipinski definition) is 2. The van der Waals surface area contributed by atoms with Crippen molar-refractivity contribution in [3.8, 4) is 0 Å². The number of hydrogen-bond acceptors (Lipinski definition) is 2. The monoisotopic (exact) mass is 276 g/mol. The molecule has 2 heteroatoms. The maximum Gasteiger partial charge on any atom is 0.0758 e. The maximum absolute atomic E-state index is 10.4. The first kappa shape index (κ1) is 15.5. The summed E-state index contributed by atoms with van der Waals surface area (Å²) in [5, 5.41) is 20.2. The Bertz CT molecular complexity index is 383. The third-order valence-electron chi connectivity index (χ3n) is 4.67. The fraction of sp³-hybridized carbons (Fsp3) is 0.667. The van der Waals surface area contributed by atoms with Crippen LogP contribution in [0.25, 0.3) is 0 Å². The van der Waals surface area contributed by atoms with Crippen LogP contribution in [-0.2, 0) is 0 Å². The van der Waals surface area contributed by atoms with Crippen LogP contribution < -0.4 is 0 Å². The average Bonchev–Trinajstić information content (AvgIpc) is 2.76. The second kappa shape index (κ2) is 7.24. The van der Waals surface area contributed by atoms with Crippen LogP contribution in [0.4, 0.5) is 0 Å². The number of aliphatic hydroxyl groups is 2. The molecular formula is C18H28O2. The maximum atomic E-state index is 10.4. The number of rotatable bonds is 0. The fourth-order valence-electron chi connectivity index (χ4n) is 3.54. The highest BCUT2D eigenvalue weighted by atomic mass is 16.3. The topological polar surface area (TPSA) is 40.5 Å². The van der Waals surface area contributed by atoms with Gasteiger partial charge >= 0.3 is 0 Å². The lowest BCUT2D eigenvalue weighted by molar-refractivity contribution is 0.124. The molecule has 0 spiro atoms. The van der Waals surface area contributed by atoms with E-state index >= 15 is 0 Å². The van der Waals surface area contributed by atoms with Crippen LogP contribution in [0.15, 0.2) is 36.5 Å². The summed E-state index contributed by atoms with van der Waals surface area (Å²) in [4.78, 5) is 0. The summed E-state index contributed by atoms with van der Waals surface area (Å²) >= 11 is 0. The largest absolute Gasteiger partial charge is 0.393 e. The van der Waals surface area contributed by atoms with Gasteiger partial charge in [0, 0.05) is 0 Å². The van der Waals surface area contributed by atoms with E-state index < -0.39 is 6.10 Å². The van der Waals surface area contributed by atoms with Crippen LogP contribution in [0.2, 0.25) is 0 Å². The molecule has 0 bridgehead atoms. The Morgan fingerprint density at radius 1 is 1.20 bits per heavy atom. The minimum atomic E-state index is -0.477. The summed E-state index contributed by atoms with van der Waals surface area (Å²) < 4.78 is 0. The Morgan fingerprint density at radius 3 is 2.80 bits per heavy atom. The molecule has 1 fully saturated rings. The van der Waals surface area contributed by atoms with Gasteiger partial charge in [0.1, 0.15) is 0 Å². The molecule has 0 aromatic rings. The van der Waals surface area contributed by atoms with Gasteiger partial charge in [0.15, 0.2) is 0 Å². The van der Waals surface area contributed by atoms with Gasteiger partial charge in [-0.05, 0) is 49.9 Å². The summed E-state index contributed by atoms with van der Waals surface area (Å²) in [6.07, 6.45) is 13.6. The van der Waals surface area contributed by atoms with E-state index in [9.17, 15) is 10.2 Å². The van der Waals surface area contributed by atoms with E-state index in [2.05, 4.69) is 25.7 Å². The lowest BCUT2D eigenvalue weighted by Crippen LogP contribution is -2.21. The summed E-state index contributed by atoms with van der Waals surface area (Å²) in [7, 11) is 0. The Balaban J connectivity index is 2.11. The first-order chi connectivity index (χ1) is 9.56. The Morgan fingerprint density at radius 2 is 2.00 bits per heavy atom. The van der Waals surface area contributed by atoms with Crippen molar-refractivity contribution in [2.75, 3.05) is 0 Å². The van der Waals surface area contributed by atoms with E-state index in [1.165, 1.54) is 12.8 Å². The van der Waals surface area contributed by atoms with Gasteiger partial charge in [-0.1, -0.05) is 49.8 Å². The molecule has 0 aromatic carbocycles. The highest BCUT2D eigenvalue weighted by Crippen LogP contribution is 2.36. The number of fused-ring (bicyclic) bond motifs is 1. The lowest BCUT2D eigenvalue weighted by atomic mass is 9.89. The van der Waals surface area contributed by atoms with Crippen molar-refractivity contribution < 1.29 is 10.2 Å². The molecule has 20 heavy (non-hydrogen) atoms. The minimum Gasteiger partial charge on any atom is -0.393 e. The lowest BCUT2D eigenvalue weighted by Gasteiger charge is -2.20. The van der Waals surface area contributed by atoms with Crippen LogP contribution in [0.3, 0.4) is 0 Å². The van der Waals surface area contributed by atoms with Crippen molar-refractivity contribution in [1.82, 2.24) is 0 Å². The van der Waals surface area contributed by atoms with E-state index in [0.29, 0.717) is 18.3 Å². The van der Waals surface area contributed by atoms with Crippen LogP contribution in [0.5, 0.6) is 0 Å². The smallest absolute Gasteiger partial charge is 0.0758 e. The predicted octanol–water partition coefficient (Wildman–Crippen LogP) is 3.61. The van der Waals surface area contributed by atoms with Crippen molar-refractivity contribution in [3.05, 3.63) is 36.5 Å². The average molecular weight is 276 g/mol. The molecule has 0 saturated heterocycles. The van der Waals surface area contributed by atoms with Gasteiger partial charge in [-0.2, -0.15) is 0 Å². The molecule has 5 atom stereocenters. The third-order valence-corrected chi connectivity index (χ3v) is 4.67. The molecule has 0 aliphatic heterocycles. The number of aliphatic hydroxyl groups excluding tert-OH is 2. The zero-order chi connectivity index (χ0) is 14.5. The summed E-state index contributed by atoms with van der Waals surface area (Å²) in [5.74, 6) is 1.10. The minimum absolute atomic E-state index is 0.142. The quantitative estimate of drug-likeness (QED) is 0.664. The van der Waals surface area contributed by atoms with E-state index in [1.54, 1.807) is 0 Å². The van der Waals surface area contributed by atoms with Gasteiger partial charge in [-0.25, -0.2) is 0 Å². The molecule has 2 aliphatic carbocycles. The van der Waals surface area contributed by atoms with Crippen molar-refractivity contribution in [1.29, 1.82) is 0 Å². The molecule has 112 valence electrons. The van der Waals surface area contributed by atoms with E-state index in [1.807, 2.05) is 12.2 Å². The van der Waals surface area contributed by atoms with Crippen LogP contribution in [0.1, 0.15) is 45.4 Å². The molecule has 2 rings (SSSR count). The Kier molecular flexibility index (Phi) is 5.62. The van der Waals surface area contributed by atoms with Crippen molar-refractivity contribution >= 4 is 0 Å². The summed E-state index contributed by atoms with van der Waals surface area (Å²) in [6.45, 7) is 6.36. The van der Waals surface area contributed by atoms with Gasteiger partial charge in [0.25, 0.3) is 0 Å². The normalized spacial score (nSPS) is 43.0. The molecule has 0 radical (unpaired) electrons. The standard InChI is InChI=1S/C18H28O2/c1-13-6-4-3-5-7-15-11-16(19)12-17(15)18(20)9-8-14(2)10-13/h5,7-9,13,15-20H,2-4,6,10-12H2,1H3/b7-5+,9-8+. The van der Waals surface area contributed by atoms with Crippen molar-refractivity contribution in [3.63, 3.8) is 0 Å². The number of allylic oxidation sites excluding steroid dienone is 4. The zero-order valence-electron chi connectivity index (χ0n) is 12.5. The first-order valence-corrected chi connectivity index (χ1v) is 7.95. The second-order valence-electron chi connectivity index (χ2n) is 6.63. The predicted molar refractivity (Wildman–Crippen MR) is 83.3 cm³/mol. The SMILES string of the molecule is C=C1/C=C/C(O)C2CC(O)CC2/C=C/CCCC(C)C1. The third kappa shape index (κ3) is 4.32. The molecule has 2 N–H and O–H groups in total. The molecule has 5 unspecified atom stereocenters. The highest BCUT2D eigenvalue weighted by molar-refractivity contribution is 5.17. The van der Waals surface area contributed by atoms with Gasteiger partial charge < -0.3 is 10.2 Å². The molecule has 0 amide bonds. The molecule has 1 saturated carbocycles. The van der Waals surface area contributed by atoms with E-state index in [0.717, 1.165) is 24.8 Å². The second-order valence-corrected chi connectivity index (χ2v) is 6.63. The molecule has 0 heterocycles. The molecule has 0 aromatic heterocycles. The van der Waals surface area contributed by atoms with Gasteiger partial charge in [0.2, 0.25) is 0 Å². The first-order valence-electron chi connectivity index (χ1n) is 7.95. The van der Waals surface area contributed by atoms with Crippen LogP contribution in [0, 0.1) is 17.8 Å². The van der Waals surface area contributed by atoms with Gasteiger partial charge in [-0.3, -0.25) is 0 Å². The zero-order valence-corrected chi connectivity index (χ0v) is 12.5. The molecule has 2 nitrogen and oxygen atoms in total. The van der Waals surface area contributed by atoms with Crippen LogP contribution >= 0.6 is 0 Å². The Hall–Kier alpha value is -0.860. The van der Waals surface area contributed by atoms with Crippen molar-refractivity contribution in [2.45, 2.75) is 57.7 Å². The summed E-state index contributed by atoms with van der Waals surface area (Å²) in [5.41, 5.74) is 1.10. The molecular weight excluding hydrogens is 248 g/mol. The summed E-state index contributed by atoms with van der Waals surface area (Å²) in [6, 6.07) is 0. The van der Waals surface area contributed by atoms with Gasteiger partial charge in [-0.15, -0.1) is 0 Å². The fourth-order valence-corrected chi connectivity index (χ4v) is 3.54.